The van der Waals surface area contributed by atoms with Crippen LogP contribution in [0.4, 0.5) is 0 Å². The van der Waals surface area contributed by atoms with E-state index in [9.17, 15) is 4.79 Å². The molecule has 0 radical (unpaired) electrons. The lowest BCUT2D eigenvalue weighted by Crippen LogP contribution is -2.42. The van der Waals surface area contributed by atoms with E-state index in [1.165, 1.54) is 0 Å². The van der Waals surface area contributed by atoms with E-state index in [0.29, 0.717) is 34.7 Å². The summed E-state index contributed by atoms with van der Waals surface area (Å²) in [7, 11) is 1.71. The number of rotatable bonds is 7. The highest BCUT2D eigenvalue weighted by Gasteiger charge is 2.07. The third-order valence-electron chi connectivity index (χ3n) is 3.44. The summed E-state index contributed by atoms with van der Waals surface area (Å²) < 4.78 is 2.08. The fourth-order valence-corrected chi connectivity index (χ4v) is 2.44. The third kappa shape index (κ3) is 6.32. The summed E-state index contributed by atoms with van der Waals surface area (Å²) in [6, 6.07) is 8.77. The van der Waals surface area contributed by atoms with Crippen LogP contribution in [0.3, 0.4) is 0 Å². The Morgan fingerprint density at radius 3 is 2.40 bits per heavy atom. The fraction of sp³-hybridized carbons (Fsp3) is 0.294. The molecule has 0 unspecified atom stereocenters. The molecule has 1 aromatic carbocycles. The number of hydrogen-bond acceptors (Lipinski definition) is 2. The van der Waals surface area contributed by atoms with Crippen molar-refractivity contribution in [1.29, 1.82) is 0 Å². The van der Waals surface area contributed by atoms with Gasteiger partial charge in [-0.25, -0.2) is 0 Å². The van der Waals surface area contributed by atoms with Crippen LogP contribution in [0.25, 0.3) is 0 Å². The molecule has 0 aliphatic rings. The molecule has 0 saturated carbocycles. The molecular formula is C17H21Cl2N5O. The van der Waals surface area contributed by atoms with Crippen LogP contribution >= 0.6 is 23.2 Å². The van der Waals surface area contributed by atoms with Crippen LogP contribution in [0, 0.1) is 0 Å². The number of benzene rings is 1. The average Bonchev–Trinajstić information content (AvgIpc) is 3.12. The molecule has 8 heteroatoms. The number of aromatic nitrogens is 1. The van der Waals surface area contributed by atoms with Gasteiger partial charge in [-0.05, 0) is 30.3 Å². The van der Waals surface area contributed by atoms with E-state index in [-0.39, 0.29) is 5.91 Å². The molecule has 1 aromatic heterocycles. The molecule has 6 nitrogen and oxygen atoms in total. The number of carbonyl (C=O) groups is 1. The quantitative estimate of drug-likeness (QED) is 0.391. The summed E-state index contributed by atoms with van der Waals surface area (Å²) in [4.78, 5) is 16.2. The van der Waals surface area contributed by atoms with E-state index < -0.39 is 0 Å². The zero-order valence-electron chi connectivity index (χ0n) is 13.9. The summed E-state index contributed by atoms with van der Waals surface area (Å²) >= 11 is 11.8. The first-order chi connectivity index (χ1) is 12.1. The van der Waals surface area contributed by atoms with Gasteiger partial charge in [0.15, 0.2) is 5.96 Å². The maximum absolute atomic E-state index is 12.0. The molecular weight excluding hydrogens is 361 g/mol. The van der Waals surface area contributed by atoms with Gasteiger partial charge in [0.25, 0.3) is 5.91 Å². The second-order valence-corrected chi connectivity index (χ2v) is 6.05. The predicted octanol–water partition coefficient (Wildman–Crippen LogP) is 2.39. The first-order valence-electron chi connectivity index (χ1n) is 7.88. The van der Waals surface area contributed by atoms with Gasteiger partial charge in [0.2, 0.25) is 0 Å². The lowest BCUT2D eigenvalue weighted by Gasteiger charge is -2.13. The Bertz CT molecular complexity index is 716. The maximum atomic E-state index is 12.0. The number of carbonyl (C=O) groups excluding carboxylic acids is 1. The molecule has 25 heavy (non-hydrogen) atoms. The summed E-state index contributed by atoms with van der Waals surface area (Å²) in [6.45, 7) is 2.61. The second kappa shape index (κ2) is 9.96. The molecule has 3 N–H and O–H groups in total. The zero-order chi connectivity index (χ0) is 18.1. The molecule has 0 aliphatic carbocycles. The molecule has 0 fully saturated rings. The van der Waals surface area contributed by atoms with E-state index in [1.54, 1.807) is 25.2 Å². The Hall–Kier alpha value is -2.18. The fourth-order valence-electron chi connectivity index (χ4n) is 2.14. The van der Waals surface area contributed by atoms with Crippen molar-refractivity contribution in [3.8, 4) is 0 Å². The summed E-state index contributed by atoms with van der Waals surface area (Å²) in [5.74, 6) is 0.492. The molecule has 0 bridgehead atoms. The average molecular weight is 382 g/mol. The van der Waals surface area contributed by atoms with Gasteiger partial charge in [0, 0.05) is 51.2 Å². The Kier molecular flexibility index (Phi) is 7.63. The predicted molar refractivity (Wildman–Crippen MR) is 103 cm³/mol. The zero-order valence-corrected chi connectivity index (χ0v) is 15.4. The number of amides is 1. The Balaban J connectivity index is 1.66. The molecule has 1 heterocycles. The molecule has 0 saturated heterocycles. The van der Waals surface area contributed by atoms with Crippen molar-refractivity contribution < 1.29 is 4.79 Å². The van der Waals surface area contributed by atoms with E-state index in [2.05, 4.69) is 25.5 Å². The van der Waals surface area contributed by atoms with E-state index in [0.717, 1.165) is 13.1 Å². The topological polar surface area (TPSA) is 70.4 Å². The van der Waals surface area contributed by atoms with Gasteiger partial charge in [-0.3, -0.25) is 9.79 Å². The number of halogens is 2. The minimum Gasteiger partial charge on any atom is -0.355 e. The summed E-state index contributed by atoms with van der Waals surface area (Å²) in [5, 5.41) is 9.96. The first-order valence-corrected chi connectivity index (χ1v) is 8.64. The number of nitrogens with one attached hydrogen (secondary N) is 3. The Morgan fingerprint density at radius 1 is 1.04 bits per heavy atom. The number of hydrogen-bond donors (Lipinski definition) is 3. The molecule has 2 aromatic rings. The van der Waals surface area contributed by atoms with Crippen molar-refractivity contribution in [2.45, 2.75) is 6.54 Å². The number of nitrogens with zero attached hydrogens (tertiary/aromatic N) is 2. The molecule has 0 spiro atoms. The Morgan fingerprint density at radius 2 is 1.72 bits per heavy atom. The SMILES string of the molecule is CN=C(NCCNC(=O)c1ccc(Cl)c(Cl)c1)NCCn1cccc1. The van der Waals surface area contributed by atoms with Crippen molar-refractivity contribution in [2.24, 2.45) is 4.99 Å². The molecule has 0 aliphatic heterocycles. The van der Waals surface area contributed by atoms with Crippen LogP contribution in [0.1, 0.15) is 10.4 Å². The van der Waals surface area contributed by atoms with Crippen molar-refractivity contribution in [3.05, 3.63) is 58.3 Å². The summed E-state index contributed by atoms with van der Waals surface area (Å²) in [6.07, 6.45) is 4.02. The van der Waals surface area contributed by atoms with Crippen molar-refractivity contribution in [1.82, 2.24) is 20.5 Å². The second-order valence-electron chi connectivity index (χ2n) is 5.23. The van der Waals surface area contributed by atoms with Gasteiger partial charge < -0.3 is 20.5 Å². The maximum Gasteiger partial charge on any atom is 0.251 e. The van der Waals surface area contributed by atoms with Crippen LogP contribution in [0.15, 0.2) is 47.7 Å². The monoisotopic (exact) mass is 381 g/mol. The van der Waals surface area contributed by atoms with Crippen LogP contribution in [-0.4, -0.2) is 43.1 Å². The van der Waals surface area contributed by atoms with E-state index in [4.69, 9.17) is 23.2 Å². The van der Waals surface area contributed by atoms with Crippen LogP contribution in [0.5, 0.6) is 0 Å². The van der Waals surface area contributed by atoms with Crippen molar-refractivity contribution >= 4 is 35.1 Å². The van der Waals surface area contributed by atoms with Gasteiger partial charge >= 0.3 is 0 Å². The highest BCUT2D eigenvalue weighted by Crippen LogP contribution is 2.22. The van der Waals surface area contributed by atoms with E-state index in [1.807, 2.05) is 24.5 Å². The normalized spacial score (nSPS) is 11.2. The molecule has 134 valence electrons. The minimum absolute atomic E-state index is 0.198. The van der Waals surface area contributed by atoms with Gasteiger partial charge in [-0.1, -0.05) is 23.2 Å². The highest BCUT2D eigenvalue weighted by molar-refractivity contribution is 6.42. The standard InChI is InChI=1S/C17H21Cl2N5O/c1-20-17(23-8-11-24-9-2-3-10-24)22-7-6-21-16(25)13-4-5-14(18)15(19)12-13/h2-5,9-10,12H,6-8,11H2,1H3,(H,21,25)(H2,20,22,23). The van der Waals surface area contributed by atoms with Crippen LogP contribution in [-0.2, 0) is 6.54 Å². The highest BCUT2D eigenvalue weighted by atomic mass is 35.5. The number of guanidine groups is 1. The van der Waals surface area contributed by atoms with E-state index >= 15 is 0 Å². The lowest BCUT2D eigenvalue weighted by molar-refractivity contribution is 0.0954. The van der Waals surface area contributed by atoms with Crippen LogP contribution in [0.2, 0.25) is 10.0 Å². The Labute approximate surface area is 157 Å². The van der Waals surface area contributed by atoms with Gasteiger partial charge in [-0.2, -0.15) is 0 Å². The minimum atomic E-state index is -0.198. The number of aliphatic imine (C=N–C) groups is 1. The molecule has 1 amide bonds. The smallest absolute Gasteiger partial charge is 0.251 e. The summed E-state index contributed by atoms with van der Waals surface area (Å²) in [5.41, 5.74) is 0.476. The van der Waals surface area contributed by atoms with Crippen molar-refractivity contribution in [3.63, 3.8) is 0 Å². The van der Waals surface area contributed by atoms with Gasteiger partial charge in [0.1, 0.15) is 0 Å². The molecule has 0 atom stereocenters. The van der Waals surface area contributed by atoms with Crippen LogP contribution < -0.4 is 16.0 Å². The lowest BCUT2D eigenvalue weighted by atomic mass is 10.2. The largest absolute Gasteiger partial charge is 0.355 e. The van der Waals surface area contributed by atoms with Crippen molar-refractivity contribution in [2.75, 3.05) is 26.7 Å². The third-order valence-corrected chi connectivity index (χ3v) is 4.18. The van der Waals surface area contributed by atoms with Gasteiger partial charge in [0.05, 0.1) is 10.0 Å². The first kappa shape index (κ1) is 19.1. The molecule has 2 rings (SSSR count). The van der Waals surface area contributed by atoms with Gasteiger partial charge in [-0.15, -0.1) is 0 Å².